The number of phenols is 1. The normalized spacial score (nSPS) is 12.8. The highest BCUT2D eigenvalue weighted by Crippen LogP contribution is 2.45. The van der Waals surface area contributed by atoms with E-state index in [9.17, 15) is 13.5 Å². The van der Waals surface area contributed by atoms with Gasteiger partial charge < -0.3 is 5.11 Å². The summed E-state index contributed by atoms with van der Waals surface area (Å²) in [6.45, 7) is 12.3. The first kappa shape index (κ1) is 25.0. The van der Waals surface area contributed by atoms with E-state index in [4.69, 9.17) is 0 Å². The molecule has 0 unspecified atom stereocenters. The molecule has 0 aliphatic carbocycles. The van der Waals surface area contributed by atoms with Crippen LogP contribution in [0.3, 0.4) is 0 Å². The first-order valence-electron chi connectivity index (χ1n) is 10.3. The Hall–Kier alpha value is -1.63. The van der Waals surface area contributed by atoms with Gasteiger partial charge in [0.05, 0.1) is 4.90 Å². The summed E-state index contributed by atoms with van der Waals surface area (Å²) in [6.07, 6.45) is 0. The van der Waals surface area contributed by atoms with E-state index >= 15 is 0 Å². The molecule has 0 radical (unpaired) electrons. The molecule has 0 bridgehead atoms. The van der Waals surface area contributed by atoms with Gasteiger partial charge in [0.1, 0.15) is 10.6 Å². The lowest BCUT2D eigenvalue weighted by atomic mass is 9.83. The van der Waals surface area contributed by atoms with E-state index < -0.39 is 15.3 Å². The molecule has 170 valence electrons. The smallest absolute Gasteiger partial charge is 0.211 e. The maximum atomic E-state index is 14.0. The van der Waals surface area contributed by atoms with Gasteiger partial charge in [-0.25, -0.2) is 8.42 Å². The van der Waals surface area contributed by atoms with Crippen molar-refractivity contribution in [3.8, 4) is 16.9 Å². The number of rotatable bonds is 3. The molecule has 6 heteroatoms. The van der Waals surface area contributed by atoms with Crippen molar-refractivity contribution in [1.29, 1.82) is 0 Å². The van der Waals surface area contributed by atoms with Crippen LogP contribution in [0.2, 0.25) is 0 Å². The van der Waals surface area contributed by atoms with E-state index in [0.717, 1.165) is 20.1 Å². The molecular formula is C26H28Br2O3S. The summed E-state index contributed by atoms with van der Waals surface area (Å²) < 4.78 is 29.8. The molecule has 3 nitrogen and oxygen atoms in total. The number of hydrogen-bond donors (Lipinski definition) is 1. The van der Waals surface area contributed by atoms with E-state index in [0.29, 0.717) is 11.1 Å². The molecule has 0 saturated heterocycles. The van der Waals surface area contributed by atoms with Gasteiger partial charge in [-0.3, -0.25) is 0 Å². The summed E-state index contributed by atoms with van der Waals surface area (Å²) in [6, 6.07) is 15.8. The van der Waals surface area contributed by atoms with Gasteiger partial charge in [-0.05, 0) is 57.9 Å². The molecule has 0 aromatic heterocycles. The second kappa shape index (κ2) is 8.62. The lowest BCUT2D eigenvalue weighted by molar-refractivity contribution is 0.458. The third-order valence-electron chi connectivity index (χ3n) is 5.37. The highest BCUT2D eigenvalue weighted by Gasteiger charge is 2.34. The largest absolute Gasteiger partial charge is 0.507 e. The number of aromatic hydroxyl groups is 1. The zero-order valence-corrected chi connectivity index (χ0v) is 23.1. The second-order valence-corrected chi connectivity index (χ2v) is 13.5. The van der Waals surface area contributed by atoms with E-state index in [2.05, 4.69) is 52.6 Å². The van der Waals surface area contributed by atoms with Crippen molar-refractivity contribution in [3.63, 3.8) is 0 Å². The molecule has 0 aliphatic rings. The molecular weight excluding hydrogens is 552 g/mol. The Morgan fingerprint density at radius 2 is 1.38 bits per heavy atom. The van der Waals surface area contributed by atoms with E-state index in [1.807, 2.05) is 51.1 Å². The second-order valence-electron chi connectivity index (χ2n) is 9.96. The van der Waals surface area contributed by atoms with Crippen LogP contribution in [-0.4, -0.2) is 13.5 Å². The van der Waals surface area contributed by atoms with Crippen LogP contribution in [0.1, 0.15) is 52.7 Å². The fraction of sp³-hybridized carbons (Fsp3) is 0.308. The highest BCUT2D eigenvalue weighted by atomic mass is 79.9. The van der Waals surface area contributed by atoms with E-state index in [-0.39, 0.29) is 21.0 Å². The van der Waals surface area contributed by atoms with Gasteiger partial charge in [-0.15, -0.1) is 0 Å². The summed E-state index contributed by atoms with van der Waals surface area (Å²) in [5, 5.41) is 10.4. The van der Waals surface area contributed by atoms with Crippen LogP contribution in [0.5, 0.6) is 5.75 Å². The third-order valence-corrected chi connectivity index (χ3v) is 8.60. The fourth-order valence-electron chi connectivity index (χ4n) is 3.83. The summed E-state index contributed by atoms with van der Waals surface area (Å²) in [5.41, 5.74) is 2.58. The SMILES string of the molecule is CC(C)(C)c1cc(-c2ccc(Br)c(C(C)(C)C)c2S(=O)(=O)c2ccccc2O)ccc1Br. The first-order chi connectivity index (χ1) is 14.7. The summed E-state index contributed by atoms with van der Waals surface area (Å²) >= 11 is 7.24. The Kier molecular flexibility index (Phi) is 6.73. The van der Waals surface area contributed by atoms with E-state index in [1.54, 1.807) is 12.1 Å². The van der Waals surface area contributed by atoms with Gasteiger partial charge in [0.15, 0.2) is 0 Å². The number of benzene rings is 3. The summed E-state index contributed by atoms with van der Waals surface area (Å²) in [7, 11) is -4.03. The van der Waals surface area contributed by atoms with Crippen LogP contribution in [0, 0.1) is 0 Å². The van der Waals surface area contributed by atoms with Crippen molar-refractivity contribution in [3.05, 3.63) is 74.7 Å². The first-order valence-corrected chi connectivity index (χ1v) is 13.4. The Morgan fingerprint density at radius 1 is 0.781 bits per heavy atom. The van der Waals surface area contributed by atoms with Crippen LogP contribution in [0.15, 0.2) is 73.3 Å². The molecule has 0 amide bonds. The summed E-state index contributed by atoms with van der Waals surface area (Å²) in [5.74, 6) is -0.260. The molecule has 3 aromatic carbocycles. The number of hydrogen-bond acceptors (Lipinski definition) is 3. The molecule has 3 aromatic rings. The average molecular weight is 580 g/mol. The number of phenolic OH excluding ortho intramolecular Hbond substituents is 1. The van der Waals surface area contributed by atoms with Gasteiger partial charge in [-0.2, -0.15) is 0 Å². The van der Waals surface area contributed by atoms with Crippen molar-refractivity contribution in [2.24, 2.45) is 0 Å². The van der Waals surface area contributed by atoms with Crippen LogP contribution < -0.4 is 0 Å². The van der Waals surface area contributed by atoms with Crippen LogP contribution >= 0.6 is 31.9 Å². The van der Waals surface area contributed by atoms with Crippen LogP contribution in [-0.2, 0) is 20.7 Å². The Bertz CT molecular complexity index is 1280. The minimum Gasteiger partial charge on any atom is -0.507 e. The van der Waals surface area contributed by atoms with Crippen molar-refractivity contribution >= 4 is 41.7 Å². The molecule has 0 aliphatic heterocycles. The quantitative estimate of drug-likeness (QED) is 0.342. The molecule has 32 heavy (non-hydrogen) atoms. The van der Waals surface area contributed by atoms with Gasteiger partial charge >= 0.3 is 0 Å². The molecule has 0 heterocycles. The lowest BCUT2D eigenvalue weighted by Crippen LogP contribution is -2.19. The number of para-hydroxylation sites is 1. The van der Waals surface area contributed by atoms with Crippen LogP contribution in [0.4, 0.5) is 0 Å². The topological polar surface area (TPSA) is 54.4 Å². The maximum Gasteiger partial charge on any atom is 0.211 e. The molecule has 0 atom stereocenters. The Labute approximate surface area is 208 Å². The third kappa shape index (κ3) is 4.68. The fourth-order valence-corrected chi connectivity index (χ4v) is 7.70. The monoisotopic (exact) mass is 578 g/mol. The molecule has 0 saturated carbocycles. The number of sulfone groups is 1. The zero-order valence-electron chi connectivity index (χ0n) is 19.1. The molecule has 0 fully saturated rings. The van der Waals surface area contributed by atoms with Gasteiger partial charge in [0.25, 0.3) is 0 Å². The predicted molar refractivity (Wildman–Crippen MR) is 138 cm³/mol. The highest BCUT2D eigenvalue weighted by molar-refractivity contribution is 9.10. The van der Waals surface area contributed by atoms with Crippen molar-refractivity contribution in [2.75, 3.05) is 0 Å². The lowest BCUT2D eigenvalue weighted by Gasteiger charge is -2.27. The van der Waals surface area contributed by atoms with Gasteiger partial charge in [0.2, 0.25) is 9.84 Å². The standard InChI is InChI=1S/C26H28Br2O3S/c1-25(2,3)18-15-16(11-13-19(18)27)17-12-14-20(28)23(26(4,5)6)24(17)32(30,31)22-10-8-7-9-21(22)29/h7-15,29H,1-6H3. The minimum atomic E-state index is -4.03. The maximum absolute atomic E-state index is 14.0. The average Bonchev–Trinajstić information content (AvgIpc) is 2.66. The van der Waals surface area contributed by atoms with Crippen molar-refractivity contribution < 1.29 is 13.5 Å². The molecule has 3 rings (SSSR count). The minimum absolute atomic E-state index is 0.0991. The Balaban J connectivity index is 2.47. The predicted octanol–water partition coefficient (Wildman–Crippen LogP) is 8.01. The number of halogens is 2. The zero-order chi connectivity index (χ0) is 24.1. The van der Waals surface area contributed by atoms with Gasteiger partial charge in [-0.1, -0.05) is 97.7 Å². The Morgan fingerprint density at radius 3 is 1.94 bits per heavy atom. The van der Waals surface area contributed by atoms with Gasteiger partial charge in [0, 0.05) is 14.5 Å². The van der Waals surface area contributed by atoms with Crippen LogP contribution in [0.25, 0.3) is 11.1 Å². The van der Waals surface area contributed by atoms with Crippen molar-refractivity contribution in [2.45, 2.75) is 62.2 Å². The van der Waals surface area contributed by atoms with E-state index in [1.165, 1.54) is 12.1 Å². The molecule has 0 spiro atoms. The van der Waals surface area contributed by atoms with Crippen molar-refractivity contribution in [1.82, 2.24) is 0 Å². The summed E-state index contributed by atoms with van der Waals surface area (Å²) in [4.78, 5) is 0.112. The molecule has 1 N–H and O–H groups in total.